The highest BCUT2D eigenvalue weighted by molar-refractivity contribution is 8.01. The molecule has 1 aromatic carbocycles. The number of β-lactam (4-membered cyclic amide) rings is 1. The topological polar surface area (TPSA) is 72.9 Å². The van der Waals surface area contributed by atoms with Crippen LogP contribution in [0.3, 0.4) is 0 Å². The quantitative estimate of drug-likeness (QED) is 0.438. The van der Waals surface area contributed by atoms with Crippen LogP contribution in [0.15, 0.2) is 42.0 Å². The summed E-state index contributed by atoms with van der Waals surface area (Å²) in [6.07, 6.45) is 1.86. The first kappa shape index (κ1) is 18.1. The number of ether oxygens (including phenoxy) is 2. The van der Waals surface area contributed by atoms with Gasteiger partial charge in [0, 0.05) is 11.3 Å². The number of benzene rings is 1. The van der Waals surface area contributed by atoms with Gasteiger partial charge in [0.15, 0.2) is 0 Å². The lowest BCUT2D eigenvalue weighted by atomic mass is 9.69. The van der Waals surface area contributed by atoms with Gasteiger partial charge in [0.25, 0.3) is 0 Å². The fraction of sp³-hybridized carbons (Fsp3) is 0.450. The first-order valence-electron chi connectivity index (χ1n) is 9.07. The molecule has 1 spiro atoms. The Morgan fingerprint density at radius 3 is 2.70 bits per heavy atom. The third kappa shape index (κ3) is 2.59. The van der Waals surface area contributed by atoms with Gasteiger partial charge in [-0.2, -0.15) is 0 Å². The molecule has 0 unspecified atom stereocenters. The summed E-state index contributed by atoms with van der Waals surface area (Å²) in [4.78, 5) is 38.3. The van der Waals surface area contributed by atoms with Crippen LogP contribution in [0.5, 0.6) is 0 Å². The molecule has 0 bridgehead atoms. The summed E-state index contributed by atoms with van der Waals surface area (Å²) < 4.78 is 10.7. The van der Waals surface area contributed by atoms with E-state index < -0.39 is 16.9 Å². The van der Waals surface area contributed by atoms with Gasteiger partial charge in [-0.3, -0.25) is 4.79 Å². The molecule has 3 aliphatic rings. The number of amides is 1. The highest BCUT2D eigenvalue weighted by atomic mass is 32.2. The second kappa shape index (κ2) is 6.71. The van der Waals surface area contributed by atoms with E-state index in [0.29, 0.717) is 5.56 Å². The predicted octanol–water partition coefficient (Wildman–Crippen LogP) is 2.25. The maximum atomic E-state index is 12.6. The Labute approximate surface area is 161 Å². The van der Waals surface area contributed by atoms with E-state index in [0.717, 1.165) is 11.3 Å². The lowest BCUT2D eigenvalue weighted by molar-refractivity contribution is -0.177. The Balaban J connectivity index is 1.50. The molecule has 1 amide bonds. The zero-order chi connectivity index (χ0) is 19.2. The van der Waals surface area contributed by atoms with Crippen molar-refractivity contribution in [1.82, 2.24) is 4.90 Å². The summed E-state index contributed by atoms with van der Waals surface area (Å²) in [5.41, 5.74) is 1.37. The SMILES string of the molecule is CCOC(=O)[C@@H]1[C@H](C)CS[C@@]23C(COC(=O)c4ccccc4)=C[C@@H]2C(=O)N13. The van der Waals surface area contributed by atoms with Crippen LogP contribution in [0.1, 0.15) is 24.2 Å². The molecule has 7 heteroatoms. The van der Waals surface area contributed by atoms with Crippen LogP contribution < -0.4 is 0 Å². The van der Waals surface area contributed by atoms with Crippen molar-refractivity contribution >= 4 is 29.6 Å². The van der Waals surface area contributed by atoms with Gasteiger partial charge < -0.3 is 14.4 Å². The van der Waals surface area contributed by atoms with Crippen molar-refractivity contribution in [2.75, 3.05) is 19.0 Å². The first-order valence-corrected chi connectivity index (χ1v) is 10.1. The monoisotopic (exact) mass is 387 g/mol. The van der Waals surface area contributed by atoms with Crippen molar-refractivity contribution in [3.8, 4) is 0 Å². The molecular formula is C20H21NO5S. The van der Waals surface area contributed by atoms with Crippen LogP contribution in [-0.4, -0.2) is 52.6 Å². The van der Waals surface area contributed by atoms with Gasteiger partial charge in [0.2, 0.25) is 5.91 Å². The van der Waals surface area contributed by atoms with E-state index in [9.17, 15) is 14.4 Å². The average Bonchev–Trinajstić information content (AvgIpc) is 2.67. The number of esters is 2. The molecule has 2 fully saturated rings. The van der Waals surface area contributed by atoms with Crippen molar-refractivity contribution in [3.63, 3.8) is 0 Å². The summed E-state index contributed by atoms with van der Waals surface area (Å²) in [5.74, 6) is -0.289. The van der Waals surface area contributed by atoms with Crippen molar-refractivity contribution in [3.05, 3.63) is 47.5 Å². The predicted molar refractivity (Wildman–Crippen MR) is 99.9 cm³/mol. The lowest BCUT2D eigenvalue weighted by Gasteiger charge is -2.67. The molecule has 2 saturated heterocycles. The van der Waals surface area contributed by atoms with Crippen molar-refractivity contribution in [2.45, 2.75) is 24.8 Å². The molecule has 6 nitrogen and oxygen atoms in total. The maximum absolute atomic E-state index is 12.6. The minimum atomic E-state index is -0.580. The fourth-order valence-corrected chi connectivity index (χ4v) is 5.75. The molecule has 1 aromatic rings. The molecule has 27 heavy (non-hydrogen) atoms. The fourth-order valence-electron chi connectivity index (χ4n) is 4.05. The summed E-state index contributed by atoms with van der Waals surface area (Å²) in [6, 6.07) is 8.22. The molecule has 0 saturated carbocycles. The van der Waals surface area contributed by atoms with Gasteiger partial charge in [-0.1, -0.05) is 31.2 Å². The number of carbonyl (C=O) groups is 3. The molecule has 2 heterocycles. The summed E-state index contributed by atoms with van der Waals surface area (Å²) in [5, 5.41) is 0. The number of hydrogen-bond acceptors (Lipinski definition) is 6. The third-order valence-corrected chi connectivity index (χ3v) is 7.24. The average molecular weight is 387 g/mol. The number of rotatable bonds is 5. The molecule has 0 radical (unpaired) electrons. The van der Waals surface area contributed by atoms with Crippen molar-refractivity contribution in [1.29, 1.82) is 0 Å². The Bertz CT molecular complexity index is 823. The molecule has 0 N–H and O–H groups in total. The molecule has 1 aliphatic carbocycles. The van der Waals surface area contributed by atoms with E-state index in [-0.39, 0.29) is 36.9 Å². The van der Waals surface area contributed by atoms with E-state index in [1.807, 2.05) is 19.1 Å². The minimum absolute atomic E-state index is 0.0123. The Kier molecular flexibility index (Phi) is 4.50. The smallest absolute Gasteiger partial charge is 0.338 e. The molecule has 4 rings (SSSR count). The number of hydrogen-bond donors (Lipinski definition) is 0. The lowest BCUT2D eigenvalue weighted by Crippen LogP contribution is -2.80. The zero-order valence-corrected chi connectivity index (χ0v) is 16.0. The van der Waals surface area contributed by atoms with Crippen LogP contribution in [0.4, 0.5) is 0 Å². The molecular weight excluding hydrogens is 366 g/mol. The van der Waals surface area contributed by atoms with E-state index in [2.05, 4.69) is 0 Å². The third-order valence-electron chi connectivity index (χ3n) is 5.39. The second-order valence-electron chi connectivity index (χ2n) is 7.00. The van der Waals surface area contributed by atoms with Crippen LogP contribution in [0.2, 0.25) is 0 Å². The highest BCUT2D eigenvalue weighted by Crippen LogP contribution is 2.63. The maximum Gasteiger partial charge on any atom is 0.338 e. The summed E-state index contributed by atoms with van der Waals surface area (Å²) in [7, 11) is 0. The first-order chi connectivity index (χ1) is 13.0. The summed E-state index contributed by atoms with van der Waals surface area (Å²) in [6.45, 7) is 4.11. The van der Waals surface area contributed by atoms with Gasteiger partial charge in [0.05, 0.1) is 18.1 Å². The highest BCUT2D eigenvalue weighted by Gasteiger charge is 2.72. The van der Waals surface area contributed by atoms with Gasteiger partial charge in [0.1, 0.15) is 17.5 Å². The number of nitrogens with zero attached hydrogens (tertiary/aromatic N) is 1. The van der Waals surface area contributed by atoms with E-state index in [1.54, 1.807) is 47.9 Å². The van der Waals surface area contributed by atoms with E-state index >= 15 is 0 Å². The normalized spacial score (nSPS) is 30.9. The number of thioether (sulfide) groups is 1. The van der Waals surface area contributed by atoms with Gasteiger partial charge in [-0.05, 0) is 25.0 Å². The molecule has 0 aromatic heterocycles. The molecule has 2 aliphatic heterocycles. The van der Waals surface area contributed by atoms with E-state index in [4.69, 9.17) is 9.47 Å². The number of carbonyl (C=O) groups excluding carboxylic acids is 3. The van der Waals surface area contributed by atoms with Crippen LogP contribution in [0, 0.1) is 11.8 Å². The van der Waals surface area contributed by atoms with Crippen LogP contribution in [-0.2, 0) is 19.1 Å². The molecule has 4 atom stereocenters. The van der Waals surface area contributed by atoms with Crippen molar-refractivity contribution < 1.29 is 23.9 Å². The standard InChI is InChI=1S/C20H21NO5S/c1-3-25-19(24)16-12(2)11-27-20-14(9-15(20)17(22)21(16)20)10-26-18(23)13-7-5-4-6-8-13/h4-9,12,15-16H,3,10-11H2,1-2H3/t12-,15-,16+,20+/m1/s1. The Morgan fingerprint density at radius 1 is 1.26 bits per heavy atom. The zero-order valence-electron chi connectivity index (χ0n) is 15.2. The van der Waals surface area contributed by atoms with Crippen molar-refractivity contribution in [2.24, 2.45) is 11.8 Å². The van der Waals surface area contributed by atoms with Gasteiger partial charge in [-0.25, -0.2) is 9.59 Å². The minimum Gasteiger partial charge on any atom is -0.464 e. The van der Waals surface area contributed by atoms with E-state index in [1.165, 1.54) is 0 Å². The van der Waals surface area contributed by atoms with Crippen LogP contribution >= 0.6 is 11.8 Å². The second-order valence-corrected chi connectivity index (χ2v) is 8.25. The van der Waals surface area contributed by atoms with Crippen LogP contribution in [0.25, 0.3) is 0 Å². The summed E-state index contributed by atoms with van der Waals surface area (Å²) >= 11 is 1.65. The van der Waals surface area contributed by atoms with Gasteiger partial charge in [-0.15, -0.1) is 11.8 Å². The largest absolute Gasteiger partial charge is 0.464 e. The Hall–Kier alpha value is -2.28. The Morgan fingerprint density at radius 2 is 2.00 bits per heavy atom. The molecule has 142 valence electrons. The van der Waals surface area contributed by atoms with Gasteiger partial charge >= 0.3 is 11.9 Å².